The van der Waals surface area contributed by atoms with Gasteiger partial charge in [-0.25, -0.2) is 0 Å². The molecule has 0 bridgehead atoms. The van der Waals surface area contributed by atoms with Gasteiger partial charge in [-0.3, -0.25) is 4.79 Å². The van der Waals surface area contributed by atoms with E-state index >= 15 is 0 Å². The van der Waals surface area contributed by atoms with Crippen LogP contribution in [0.4, 0.5) is 0 Å². The van der Waals surface area contributed by atoms with Crippen LogP contribution in [0.25, 0.3) is 0 Å². The van der Waals surface area contributed by atoms with Crippen LogP contribution in [0, 0.1) is 0 Å². The summed E-state index contributed by atoms with van der Waals surface area (Å²) in [5.41, 5.74) is 3.55. The quantitative estimate of drug-likeness (QED) is 0.673. The number of hydrogen-bond donors (Lipinski definition) is 1. The zero-order chi connectivity index (χ0) is 14.5. The SMILES string of the molecule is O=C(NCCSc1ccccc1)c1ccc2c(c1)CCC2. The highest BCUT2D eigenvalue weighted by Crippen LogP contribution is 2.22. The molecule has 0 heterocycles. The van der Waals surface area contributed by atoms with Crippen molar-refractivity contribution in [1.82, 2.24) is 5.32 Å². The molecule has 1 amide bonds. The van der Waals surface area contributed by atoms with Gasteiger partial charge in [-0.2, -0.15) is 0 Å². The fourth-order valence-electron chi connectivity index (χ4n) is 2.67. The Morgan fingerprint density at radius 2 is 1.86 bits per heavy atom. The number of carbonyl (C=O) groups is 1. The minimum absolute atomic E-state index is 0.0401. The Morgan fingerprint density at radius 1 is 1.05 bits per heavy atom. The summed E-state index contributed by atoms with van der Waals surface area (Å²) >= 11 is 1.76. The third-order valence-corrected chi connectivity index (χ3v) is 4.77. The van der Waals surface area contributed by atoms with Gasteiger partial charge in [0.25, 0.3) is 5.91 Å². The van der Waals surface area contributed by atoms with Crippen molar-refractivity contribution in [3.8, 4) is 0 Å². The average Bonchev–Trinajstić information content (AvgIpc) is 3.00. The molecule has 0 saturated carbocycles. The molecular formula is C18H19NOS. The number of amides is 1. The third-order valence-electron chi connectivity index (χ3n) is 3.76. The van der Waals surface area contributed by atoms with Gasteiger partial charge in [0.1, 0.15) is 0 Å². The average molecular weight is 297 g/mol. The van der Waals surface area contributed by atoms with Gasteiger partial charge in [0, 0.05) is 22.8 Å². The van der Waals surface area contributed by atoms with Gasteiger partial charge < -0.3 is 5.32 Å². The Morgan fingerprint density at radius 3 is 2.71 bits per heavy atom. The Hall–Kier alpha value is -1.74. The third kappa shape index (κ3) is 3.67. The Bertz CT molecular complexity index is 624. The van der Waals surface area contributed by atoms with Crippen molar-refractivity contribution in [2.75, 3.05) is 12.3 Å². The van der Waals surface area contributed by atoms with E-state index in [-0.39, 0.29) is 5.91 Å². The maximum atomic E-state index is 12.1. The van der Waals surface area contributed by atoms with E-state index in [1.807, 2.05) is 24.3 Å². The second-order valence-electron chi connectivity index (χ2n) is 5.25. The normalized spacial score (nSPS) is 13.0. The molecule has 0 fully saturated rings. The fraction of sp³-hybridized carbons (Fsp3) is 0.278. The molecule has 108 valence electrons. The van der Waals surface area contributed by atoms with Crippen molar-refractivity contribution in [2.24, 2.45) is 0 Å². The number of fused-ring (bicyclic) bond motifs is 1. The predicted molar refractivity (Wildman–Crippen MR) is 88.0 cm³/mol. The van der Waals surface area contributed by atoms with Crippen molar-refractivity contribution in [3.05, 3.63) is 65.2 Å². The molecule has 0 aliphatic heterocycles. The number of benzene rings is 2. The highest BCUT2D eigenvalue weighted by atomic mass is 32.2. The molecule has 21 heavy (non-hydrogen) atoms. The van der Waals surface area contributed by atoms with Gasteiger partial charge in [0.2, 0.25) is 0 Å². The summed E-state index contributed by atoms with van der Waals surface area (Å²) in [6.45, 7) is 0.690. The highest BCUT2D eigenvalue weighted by molar-refractivity contribution is 7.99. The zero-order valence-corrected chi connectivity index (χ0v) is 12.8. The van der Waals surface area contributed by atoms with E-state index in [0.717, 1.165) is 24.2 Å². The molecule has 2 nitrogen and oxygen atoms in total. The molecule has 1 aliphatic rings. The lowest BCUT2D eigenvalue weighted by atomic mass is 10.1. The summed E-state index contributed by atoms with van der Waals surface area (Å²) < 4.78 is 0. The lowest BCUT2D eigenvalue weighted by molar-refractivity contribution is 0.0956. The smallest absolute Gasteiger partial charge is 0.251 e. The van der Waals surface area contributed by atoms with E-state index in [2.05, 4.69) is 29.6 Å². The largest absolute Gasteiger partial charge is 0.351 e. The molecule has 0 aromatic heterocycles. The fourth-order valence-corrected chi connectivity index (χ4v) is 3.45. The number of aryl methyl sites for hydroxylation is 2. The minimum atomic E-state index is 0.0401. The van der Waals surface area contributed by atoms with Crippen molar-refractivity contribution in [2.45, 2.75) is 24.2 Å². The van der Waals surface area contributed by atoms with E-state index < -0.39 is 0 Å². The van der Waals surface area contributed by atoms with Gasteiger partial charge in [0.15, 0.2) is 0 Å². The Kier molecular flexibility index (Phi) is 4.61. The second-order valence-corrected chi connectivity index (χ2v) is 6.42. The van der Waals surface area contributed by atoms with E-state index in [1.54, 1.807) is 11.8 Å². The van der Waals surface area contributed by atoms with Crippen LogP contribution in [0.3, 0.4) is 0 Å². The number of carbonyl (C=O) groups excluding carboxylic acids is 1. The predicted octanol–water partition coefficient (Wildman–Crippen LogP) is 3.70. The van der Waals surface area contributed by atoms with Gasteiger partial charge in [0.05, 0.1) is 0 Å². The van der Waals surface area contributed by atoms with Crippen molar-refractivity contribution >= 4 is 17.7 Å². The van der Waals surface area contributed by atoms with Crippen LogP contribution < -0.4 is 5.32 Å². The first-order valence-corrected chi connectivity index (χ1v) is 8.39. The number of thioether (sulfide) groups is 1. The lowest BCUT2D eigenvalue weighted by Gasteiger charge is -2.07. The molecule has 0 unspecified atom stereocenters. The molecule has 0 atom stereocenters. The van der Waals surface area contributed by atoms with Gasteiger partial charge in [-0.15, -0.1) is 11.8 Å². The first-order valence-electron chi connectivity index (χ1n) is 7.41. The Balaban J connectivity index is 1.48. The molecule has 0 spiro atoms. The molecule has 0 radical (unpaired) electrons. The van der Waals surface area contributed by atoms with Gasteiger partial charge >= 0.3 is 0 Å². The molecule has 2 aromatic carbocycles. The first-order chi connectivity index (χ1) is 10.3. The first kappa shape index (κ1) is 14.2. The Labute approximate surface area is 130 Å². The molecule has 3 heteroatoms. The van der Waals surface area contributed by atoms with Crippen LogP contribution >= 0.6 is 11.8 Å². The van der Waals surface area contributed by atoms with E-state index in [4.69, 9.17) is 0 Å². The van der Waals surface area contributed by atoms with Crippen molar-refractivity contribution in [3.63, 3.8) is 0 Å². The van der Waals surface area contributed by atoms with E-state index in [0.29, 0.717) is 6.54 Å². The van der Waals surface area contributed by atoms with Crippen LogP contribution in [0.5, 0.6) is 0 Å². The second kappa shape index (κ2) is 6.81. The topological polar surface area (TPSA) is 29.1 Å². The maximum Gasteiger partial charge on any atom is 0.251 e. The standard InChI is InChI=1S/C18H19NOS/c20-18(16-10-9-14-5-4-6-15(14)13-16)19-11-12-21-17-7-2-1-3-8-17/h1-3,7-10,13H,4-6,11-12H2,(H,19,20). The van der Waals surface area contributed by atoms with Crippen LogP contribution in [-0.2, 0) is 12.8 Å². The summed E-state index contributed by atoms with van der Waals surface area (Å²) in [6.07, 6.45) is 3.49. The molecule has 1 aliphatic carbocycles. The summed E-state index contributed by atoms with van der Waals surface area (Å²) in [5.74, 6) is 0.930. The lowest BCUT2D eigenvalue weighted by Crippen LogP contribution is -2.25. The highest BCUT2D eigenvalue weighted by Gasteiger charge is 2.13. The van der Waals surface area contributed by atoms with Crippen LogP contribution in [0.1, 0.15) is 27.9 Å². The van der Waals surface area contributed by atoms with Crippen molar-refractivity contribution in [1.29, 1.82) is 0 Å². The molecular weight excluding hydrogens is 278 g/mol. The minimum Gasteiger partial charge on any atom is -0.351 e. The van der Waals surface area contributed by atoms with Crippen molar-refractivity contribution < 1.29 is 4.79 Å². The maximum absolute atomic E-state index is 12.1. The van der Waals surface area contributed by atoms with E-state index in [9.17, 15) is 4.79 Å². The van der Waals surface area contributed by atoms with E-state index in [1.165, 1.54) is 22.4 Å². The number of nitrogens with one attached hydrogen (secondary N) is 1. The number of rotatable bonds is 5. The molecule has 2 aromatic rings. The summed E-state index contributed by atoms with van der Waals surface area (Å²) in [5, 5.41) is 3.00. The van der Waals surface area contributed by atoms with Crippen LogP contribution in [-0.4, -0.2) is 18.2 Å². The van der Waals surface area contributed by atoms with Gasteiger partial charge in [-0.1, -0.05) is 24.3 Å². The summed E-state index contributed by atoms with van der Waals surface area (Å²) in [7, 11) is 0. The molecule has 0 saturated heterocycles. The molecule has 3 rings (SSSR count). The zero-order valence-electron chi connectivity index (χ0n) is 12.0. The van der Waals surface area contributed by atoms with Crippen LogP contribution in [0.15, 0.2) is 53.4 Å². The summed E-state index contributed by atoms with van der Waals surface area (Å²) in [6, 6.07) is 16.4. The monoisotopic (exact) mass is 297 g/mol. The van der Waals surface area contributed by atoms with Gasteiger partial charge in [-0.05, 0) is 54.7 Å². The summed E-state index contributed by atoms with van der Waals surface area (Å²) in [4.78, 5) is 13.4. The molecule has 1 N–H and O–H groups in total. The van der Waals surface area contributed by atoms with Crippen LogP contribution in [0.2, 0.25) is 0 Å². The number of hydrogen-bond acceptors (Lipinski definition) is 2.